The maximum Gasteiger partial charge on any atom is 0.329 e. The van der Waals surface area contributed by atoms with Crippen LogP contribution in [0.25, 0.3) is 0 Å². The van der Waals surface area contributed by atoms with E-state index in [1.807, 2.05) is 42.5 Å². The Morgan fingerprint density at radius 1 is 0.958 bits per heavy atom. The predicted molar refractivity (Wildman–Crippen MR) is 93.0 cm³/mol. The van der Waals surface area contributed by atoms with Crippen LogP contribution in [0, 0.1) is 0 Å². The van der Waals surface area contributed by atoms with E-state index < -0.39 is 6.04 Å². The summed E-state index contributed by atoms with van der Waals surface area (Å²) in [6, 6.07) is 15.0. The fourth-order valence-electron chi connectivity index (χ4n) is 3.72. The van der Waals surface area contributed by atoms with Crippen molar-refractivity contribution in [3.63, 3.8) is 0 Å². The summed E-state index contributed by atoms with van der Waals surface area (Å²) in [5, 5.41) is 2.84. The van der Waals surface area contributed by atoms with Gasteiger partial charge in [0.25, 0.3) is 5.91 Å². The number of hydrogen-bond donors (Lipinski definition) is 1. The molecule has 24 heavy (non-hydrogen) atoms. The number of imide groups is 1. The van der Waals surface area contributed by atoms with E-state index >= 15 is 0 Å². The Morgan fingerprint density at radius 3 is 2.58 bits per heavy atom. The summed E-state index contributed by atoms with van der Waals surface area (Å²) >= 11 is 0. The van der Waals surface area contributed by atoms with Crippen LogP contribution in [0.3, 0.4) is 0 Å². The molecule has 1 saturated heterocycles. The van der Waals surface area contributed by atoms with Gasteiger partial charge >= 0.3 is 6.03 Å². The van der Waals surface area contributed by atoms with E-state index in [2.05, 4.69) is 11.4 Å². The first-order chi connectivity index (χ1) is 11.7. The quantitative estimate of drug-likeness (QED) is 0.883. The van der Waals surface area contributed by atoms with Gasteiger partial charge in [0.15, 0.2) is 0 Å². The topological polar surface area (TPSA) is 49.4 Å². The van der Waals surface area contributed by atoms with E-state index in [-0.39, 0.29) is 11.9 Å². The molecule has 2 aromatic carbocycles. The largest absolute Gasteiger partial charge is 0.329 e. The molecule has 1 aliphatic carbocycles. The van der Waals surface area contributed by atoms with Crippen molar-refractivity contribution in [2.75, 3.05) is 4.90 Å². The molecule has 0 saturated carbocycles. The van der Waals surface area contributed by atoms with Crippen LogP contribution in [-0.2, 0) is 24.1 Å². The molecule has 2 aromatic rings. The Kier molecular flexibility index (Phi) is 3.81. The first-order valence-electron chi connectivity index (χ1n) is 8.53. The normalized spacial score (nSPS) is 20.0. The van der Waals surface area contributed by atoms with Gasteiger partial charge in [-0.05, 0) is 48.4 Å². The Labute approximate surface area is 141 Å². The molecule has 1 N–H and O–H groups in total. The molecule has 1 atom stereocenters. The van der Waals surface area contributed by atoms with Crippen LogP contribution in [0.5, 0.6) is 0 Å². The predicted octanol–water partition coefficient (Wildman–Crippen LogP) is 3.23. The van der Waals surface area contributed by atoms with Gasteiger partial charge in [-0.25, -0.2) is 9.69 Å². The van der Waals surface area contributed by atoms with E-state index in [0.29, 0.717) is 6.42 Å². The highest BCUT2D eigenvalue weighted by molar-refractivity contribution is 6.21. The molecule has 0 aromatic heterocycles. The van der Waals surface area contributed by atoms with Gasteiger partial charge < -0.3 is 5.32 Å². The summed E-state index contributed by atoms with van der Waals surface area (Å²) in [6.07, 6.45) is 4.78. The first kappa shape index (κ1) is 14.9. The van der Waals surface area contributed by atoms with Crippen molar-refractivity contribution in [1.29, 1.82) is 0 Å². The highest BCUT2D eigenvalue weighted by Crippen LogP contribution is 2.32. The summed E-state index contributed by atoms with van der Waals surface area (Å²) in [5.74, 6) is -0.150. The number of nitrogens with zero attached hydrogens (tertiary/aromatic N) is 1. The average Bonchev–Trinajstić information content (AvgIpc) is 2.89. The number of aryl methyl sites for hydroxylation is 1. The zero-order valence-electron chi connectivity index (χ0n) is 13.5. The van der Waals surface area contributed by atoms with Crippen molar-refractivity contribution in [3.05, 3.63) is 65.2 Å². The third-order valence-corrected chi connectivity index (χ3v) is 4.91. The van der Waals surface area contributed by atoms with Crippen LogP contribution in [0.1, 0.15) is 29.5 Å². The molecule has 0 radical (unpaired) electrons. The SMILES string of the molecule is O=C1NC(Cc2ccccc2)C(=O)N1c1cccc2c1CCCC2. The zero-order chi connectivity index (χ0) is 16.5. The molecule has 1 aliphatic heterocycles. The van der Waals surface area contributed by atoms with Gasteiger partial charge in [0.1, 0.15) is 6.04 Å². The molecule has 0 bridgehead atoms. The molecule has 4 rings (SSSR count). The molecule has 1 heterocycles. The molecule has 3 amide bonds. The first-order valence-corrected chi connectivity index (χ1v) is 8.53. The minimum atomic E-state index is -0.487. The van der Waals surface area contributed by atoms with E-state index in [9.17, 15) is 9.59 Å². The van der Waals surface area contributed by atoms with Crippen LogP contribution in [-0.4, -0.2) is 18.0 Å². The van der Waals surface area contributed by atoms with Gasteiger partial charge in [0.2, 0.25) is 0 Å². The van der Waals surface area contributed by atoms with E-state index in [1.165, 1.54) is 16.9 Å². The lowest BCUT2D eigenvalue weighted by atomic mass is 9.90. The molecule has 1 fully saturated rings. The maximum atomic E-state index is 12.8. The van der Waals surface area contributed by atoms with Crippen LogP contribution in [0.4, 0.5) is 10.5 Å². The Morgan fingerprint density at radius 2 is 1.75 bits per heavy atom. The molecule has 4 heteroatoms. The number of nitrogens with one attached hydrogen (secondary N) is 1. The fourth-order valence-corrected chi connectivity index (χ4v) is 3.72. The number of urea groups is 1. The number of carbonyl (C=O) groups is 2. The molecule has 2 aliphatic rings. The van der Waals surface area contributed by atoms with Gasteiger partial charge in [0.05, 0.1) is 5.69 Å². The fraction of sp³-hybridized carbons (Fsp3) is 0.300. The lowest BCUT2D eigenvalue weighted by Gasteiger charge is -2.23. The number of carbonyl (C=O) groups excluding carboxylic acids is 2. The summed E-state index contributed by atoms with van der Waals surface area (Å²) in [5.41, 5.74) is 4.25. The Hall–Kier alpha value is -2.62. The molecule has 0 spiro atoms. The maximum absolute atomic E-state index is 12.8. The van der Waals surface area contributed by atoms with Gasteiger partial charge in [-0.15, -0.1) is 0 Å². The number of benzene rings is 2. The molecular weight excluding hydrogens is 300 g/mol. The number of anilines is 1. The Balaban J connectivity index is 1.63. The third-order valence-electron chi connectivity index (χ3n) is 4.91. The highest BCUT2D eigenvalue weighted by Gasteiger charge is 2.40. The average molecular weight is 320 g/mol. The Bertz CT molecular complexity index is 785. The number of hydrogen-bond acceptors (Lipinski definition) is 2. The van der Waals surface area contributed by atoms with Crippen molar-refractivity contribution in [1.82, 2.24) is 5.32 Å². The van der Waals surface area contributed by atoms with Crippen molar-refractivity contribution in [2.24, 2.45) is 0 Å². The number of amides is 3. The molecule has 1 unspecified atom stereocenters. The summed E-state index contributed by atoms with van der Waals surface area (Å²) < 4.78 is 0. The third kappa shape index (κ3) is 2.58. The summed E-state index contributed by atoms with van der Waals surface area (Å²) in [7, 11) is 0. The van der Waals surface area contributed by atoms with Crippen molar-refractivity contribution in [3.8, 4) is 0 Å². The van der Waals surface area contributed by atoms with Gasteiger partial charge in [-0.3, -0.25) is 4.79 Å². The van der Waals surface area contributed by atoms with E-state index in [1.54, 1.807) is 0 Å². The minimum Gasteiger partial charge on any atom is -0.325 e. The number of rotatable bonds is 3. The van der Waals surface area contributed by atoms with Gasteiger partial charge in [0, 0.05) is 6.42 Å². The monoisotopic (exact) mass is 320 g/mol. The second-order valence-electron chi connectivity index (χ2n) is 6.49. The highest BCUT2D eigenvalue weighted by atomic mass is 16.2. The van der Waals surface area contributed by atoms with Crippen LogP contribution in [0.15, 0.2) is 48.5 Å². The zero-order valence-corrected chi connectivity index (χ0v) is 13.5. The van der Waals surface area contributed by atoms with Gasteiger partial charge in [-0.1, -0.05) is 42.5 Å². The van der Waals surface area contributed by atoms with Crippen molar-refractivity contribution in [2.45, 2.75) is 38.1 Å². The molecule has 4 nitrogen and oxygen atoms in total. The number of fused-ring (bicyclic) bond motifs is 1. The van der Waals surface area contributed by atoms with E-state index in [4.69, 9.17) is 0 Å². The van der Waals surface area contributed by atoms with Crippen molar-refractivity contribution >= 4 is 17.6 Å². The van der Waals surface area contributed by atoms with Gasteiger partial charge in [-0.2, -0.15) is 0 Å². The van der Waals surface area contributed by atoms with Crippen LogP contribution < -0.4 is 10.2 Å². The molecular formula is C20H20N2O2. The lowest BCUT2D eigenvalue weighted by Crippen LogP contribution is -2.33. The second-order valence-corrected chi connectivity index (χ2v) is 6.49. The van der Waals surface area contributed by atoms with Crippen molar-refractivity contribution < 1.29 is 9.59 Å². The van der Waals surface area contributed by atoms with Crippen LogP contribution in [0.2, 0.25) is 0 Å². The summed E-state index contributed by atoms with van der Waals surface area (Å²) in [4.78, 5) is 26.7. The van der Waals surface area contributed by atoms with E-state index in [0.717, 1.165) is 36.1 Å². The lowest BCUT2D eigenvalue weighted by molar-refractivity contribution is -0.118. The smallest absolute Gasteiger partial charge is 0.325 e. The standard InChI is InChI=1S/C20H20N2O2/c23-19-17(13-14-7-2-1-3-8-14)21-20(24)22(19)18-12-6-10-15-9-4-5-11-16(15)18/h1-3,6-8,10,12,17H,4-5,9,11,13H2,(H,21,24). The molecule has 122 valence electrons. The minimum absolute atomic E-state index is 0.150. The second kappa shape index (κ2) is 6.11. The summed E-state index contributed by atoms with van der Waals surface area (Å²) in [6.45, 7) is 0. The van der Waals surface area contributed by atoms with Crippen LogP contribution >= 0.6 is 0 Å².